The molecular weight excluding hydrogens is 120 g/mol. The Balaban J connectivity index is 2.13. The van der Waals surface area contributed by atoms with E-state index in [-0.39, 0.29) is 0 Å². The first-order valence-electron chi connectivity index (χ1n) is 2.92. The molecule has 8 heavy (non-hydrogen) atoms. The topological polar surface area (TPSA) is 9.23 Å². The molecule has 2 heteroatoms. The standard InChI is InChI=1S/C6H8OS/c1-2-5-4-8-7-6(5)3-1/h1,3,5-6H,2,4H2/t5-,6-/m0/s1. The molecule has 0 N–H and O–H groups in total. The van der Waals surface area contributed by atoms with Crippen LogP contribution in [0, 0.1) is 5.92 Å². The number of rotatable bonds is 0. The summed E-state index contributed by atoms with van der Waals surface area (Å²) in [7, 11) is 0. The van der Waals surface area contributed by atoms with Gasteiger partial charge in [-0.15, -0.1) is 0 Å². The largest absolute Gasteiger partial charge is 0.308 e. The van der Waals surface area contributed by atoms with E-state index < -0.39 is 0 Å². The van der Waals surface area contributed by atoms with Crippen molar-refractivity contribution in [1.82, 2.24) is 0 Å². The Labute approximate surface area is 53.3 Å². The van der Waals surface area contributed by atoms with E-state index >= 15 is 0 Å². The van der Waals surface area contributed by atoms with Crippen LogP contribution in [0.5, 0.6) is 0 Å². The second-order valence-corrected chi connectivity index (χ2v) is 3.03. The lowest BCUT2D eigenvalue weighted by molar-refractivity contribution is 0.273. The highest BCUT2D eigenvalue weighted by Gasteiger charge is 2.29. The highest BCUT2D eigenvalue weighted by Crippen LogP contribution is 2.34. The van der Waals surface area contributed by atoms with Crippen molar-refractivity contribution >= 4 is 12.0 Å². The zero-order valence-corrected chi connectivity index (χ0v) is 5.36. The minimum atomic E-state index is 0.458. The van der Waals surface area contributed by atoms with Gasteiger partial charge in [0.1, 0.15) is 0 Å². The second-order valence-electron chi connectivity index (χ2n) is 2.27. The van der Waals surface area contributed by atoms with Crippen LogP contribution in [-0.4, -0.2) is 11.9 Å². The van der Waals surface area contributed by atoms with Gasteiger partial charge in [-0.3, -0.25) is 0 Å². The summed E-state index contributed by atoms with van der Waals surface area (Å²) < 4.78 is 5.31. The molecule has 0 unspecified atom stereocenters. The minimum Gasteiger partial charge on any atom is -0.308 e. The van der Waals surface area contributed by atoms with E-state index in [1.54, 1.807) is 12.0 Å². The van der Waals surface area contributed by atoms with Gasteiger partial charge in [-0.25, -0.2) is 0 Å². The van der Waals surface area contributed by atoms with E-state index in [9.17, 15) is 0 Å². The van der Waals surface area contributed by atoms with Crippen molar-refractivity contribution in [3.63, 3.8) is 0 Å². The maximum Gasteiger partial charge on any atom is 0.0942 e. The van der Waals surface area contributed by atoms with Crippen LogP contribution in [-0.2, 0) is 4.18 Å². The maximum absolute atomic E-state index is 5.31. The molecule has 1 aliphatic heterocycles. The molecule has 0 amide bonds. The van der Waals surface area contributed by atoms with Gasteiger partial charge in [0, 0.05) is 11.7 Å². The highest BCUT2D eigenvalue weighted by molar-refractivity contribution is 7.94. The fourth-order valence-electron chi connectivity index (χ4n) is 1.16. The Morgan fingerprint density at radius 2 is 2.62 bits per heavy atom. The maximum atomic E-state index is 5.31. The van der Waals surface area contributed by atoms with Crippen LogP contribution < -0.4 is 0 Å². The van der Waals surface area contributed by atoms with E-state index in [0.717, 1.165) is 5.92 Å². The van der Waals surface area contributed by atoms with Gasteiger partial charge in [-0.2, -0.15) is 0 Å². The molecule has 0 radical (unpaired) electrons. The molecule has 2 atom stereocenters. The molecule has 0 saturated carbocycles. The summed E-state index contributed by atoms with van der Waals surface area (Å²) in [5.41, 5.74) is 0. The predicted octanol–water partition coefficient (Wildman–Crippen LogP) is 1.61. The molecule has 0 aromatic carbocycles. The zero-order valence-electron chi connectivity index (χ0n) is 4.54. The van der Waals surface area contributed by atoms with Crippen molar-refractivity contribution in [2.45, 2.75) is 12.5 Å². The number of hydrogen-bond acceptors (Lipinski definition) is 2. The summed E-state index contributed by atoms with van der Waals surface area (Å²) in [4.78, 5) is 0. The van der Waals surface area contributed by atoms with Gasteiger partial charge in [-0.1, -0.05) is 12.2 Å². The first-order chi connectivity index (χ1) is 3.97. The third kappa shape index (κ3) is 0.599. The minimum absolute atomic E-state index is 0.458. The normalized spacial score (nSPS) is 43.0. The Morgan fingerprint density at radius 3 is 3.50 bits per heavy atom. The van der Waals surface area contributed by atoms with Crippen molar-refractivity contribution in [1.29, 1.82) is 0 Å². The Hall–Kier alpha value is 0.0500. The smallest absolute Gasteiger partial charge is 0.0942 e. The molecule has 44 valence electrons. The molecule has 0 bridgehead atoms. The molecular formula is C6H8OS. The van der Waals surface area contributed by atoms with Gasteiger partial charge >= 0.3 is 0 Å². The van der Waals surface area contributed by atoms with Crippen molar-refractivity contribution in [2.24, 2.45) is 5.92 Å². The summed E-state index contributed by atoms with van der Waals surface area (Å²) in [6.45, 7) is 0. The van der Waals surface area contributed by atoms with Crippen LogP contribution in [0.3, 0.4) is 0 Å². The lowest BCUT2D eigenvalue weighted by Gasteiger charge is -2.01. The Kier molecular flexibility index (Phi) is 1.09. The van der Waals surface area contributed by atoms with Gasteiger partial charge < -0.3 is 4.18 Å². The van der Waals surface area contributed by atoms with Gasteiger partial charge in [0.2, 0.25) is 0 Å². The van der Waals surface area contributed by atoms with Gasteiger partial charge in [0.15, 0.2) is 0 Å². The van der Waals surface area contributed by atoms with E-state index in [0.29, 0.717) is 6.10 Å². The molecule has 1 heterocycles. The van der Waals surface area contributed by atoms with Crippen LogP contribution in [0.25, 0.3) is 0 Å². The molecule has 1 saturated heterocycles. The average Bonchev–Trinajstić information content (AvgIpc) is 2.15. The van der Waals surface area contributed by atoms with Crippen LogP contribution in [0.1, 0.15) is 6.42 Å². The zero-order chi connectivity index (χ0) is 5.40. The van der Waals surface area contributed by atoms with E-state index in [2.05, 4.69) is 12.2 Å². The molecule has 2 aliphatic rings. The molecule has 0 spiro atoms. The van der Waals surface area contributed by atoms with Gasteiger partial charge in [0.05, 0.1) is 6.10 Å². The monoisotopic (exact) mass is 128 g/mol. The fraction of sp³-hybridized carbons (Fsp3) is 0.667. The van der Waals surface area contributed by atoms with Gasteiger partial charge in [0.25, 0.3) is 0 Å². The average molecular weight is 128 g/mol. The van der Waals surface area contributed by atoms with Gasteiger partial charge in [-0.05, 0) is 18.5 Å². The molecule has 1 aliphatic carbocycles. The van der Waals surface area contributed by atoms with Crippen molar-refractivity contribution in [3.05, 3.63) is 12.2 Å². The van der Waals surface area contributed by atoms with Crippen LogP contribution in [0.4, 0.5) is 0 Å². The van der Waals surface area contributed by atoms with E-state index in [4.69, 9.17) is 4.18 Å². The lowest BCUT2D eigenvalue weighted by Crippen LogP contribution is -2.07. The highest BCUT2D eigenvalue weighted by atomic mass is 32.2. The quantitative estimate of drug-likeness (QED) is 0.362. The Morgan fingerprint density at radius 1 is 1.62 bits per heavy atom. The van der Waals surface area contributed by atoms with Crippen LogP contribution in [0.2, 0.25) is 0 Å². The van der Waals surface area contributed by atoms with E-state index in [1.807, 2.05) is 0 Å². The van der Waals surface area contributed by atoms with Crippen molar-refractivity contribution in [2.75, 3.05) is 5.75 Å². The third-order valence-electron chi connectivity index (χ3n) is 1.69. The number of hydrogen-bond donors (Lipinski definition) is 0. The van der Waals surface area contributed by atoms with Crippen LogP contribution in [0.15, 0.2) is 12.2 Å². The molecule has 1 fully saturated rings. The van der Waals surface area contributed by atoms with E-state index in [1.165, 1.54) is 12.2 Å². The number of fused-ring (bicyclic) bond motifs is 1. The molecule has 2 rings (SSSR count). The summed E-state index contributed by atoms with van der Waals surface area (Å²) in [5, 5.41) is 0. The summed E-state index contributed by atoms with van der Waals surface area (Å²) >= 11 is 1.61. The molecule has 0 aromatic heterocycles. The fourth-order valence-corrected chi connectivity index (χ4v) is 2.12. The summed E-state index contributed by atoms with van der Waals surface area (Å²) in [6, 6.07) is 0. The Bertz CT molecular complexity index is 122. The first kappa shape index (κ1) is 4.89. The van der Waals surface area contributed by atoms with Crippen molar-refractivity contribution < 1.29 is 4.18 Å². The number of allylic oxidation sites excluding steroid dienone is 1. The molecule has 0 aromatic rings. The molecule has 1 nitrogen and oxygen atoms in total. The second kappa shape index (κ2) is 1.78. The summed E-state index contributed by atoms with van der Waals surface area (Å²) in [5.74, 6) is 2.00. The summed E-state index contributed by atoms with van der Waals surface area (Å²) in [6.07, 6.45) is 6.08. The lowest BCUT2D eigenvalue weighted by atomic mass is 10.1. The predicted molar refractivity (Wildman–Crippen MR) is 34.6 cm³/mol. The van der Waals surface area contributed by atoms with Crippen LogP contribution >= 0.6 is 12.0 Å². The third-order valence-corrected chi connectivity index (χ3v) is 2.61. The SMILES string of the molecule is C1=C[C@@H]2OSC[C@@H]2C1. The first-order valence-corrected chi connectivity index (χ1v) is 3.83. The van der Waals surface area contributed by atoms with Crippen molar-refractivity contribution in [3.8, 4) is 0 Å².